The predicted octanol–water partition coefficient (Wildman–Crippen LogP) is 2.48. The number of methoxy groups -OCH3 is 1. The van der Waals surface area contributed by atoms with Gasteiger partial charge in [0.15, 0.2) is 11.5 Å². The van der Waals surface area contributed by atoms with Crippen LogP contribution < -0.4 is 10.1 Å². The van der Waals surface area contributed by atoms with Crippen LogP contribution in [-0.2, 0) is 0 Å². The minimum atomic E-state index is -0.650. The Labute approximate surface area is 103 Å². The first-order valence-corrected chi connectivity index (χ1v) is 5.26. The van der Waals surface area contributed by atoms with Crippen molar-refractivity contribution in [3.8, 4) is 5.75 Å². The monoisotopic (exact) mass is 246 g/mol. The average Bonchev–Trinajstić information content (AvgIpc) is 2.40. The van der Waals surface area contributed by atoms with Crippen LogP contribution in [0.3, 0.4) is 0 Å². The summed E-state index contributed by atoms with van der Waals surface area (Å²) >= 11 is 0. The lowest BCUT2D eigenvalue weighted by Gasteiger charge is -2.06. The molecule has 0 aliphatic rings. The highest BCUT2D eigenvalue weighted by atomic mass is 19.1. The molecule has 1 heterocycles. The number of ether oxygens (including phenoxy) is 1. The van der Waals surface area contributed by atoms with Gasteiger partial charge < -0.3 is 10.1 Å². The van der Waals surface area contributed by atoms with Crippen molar-refractivity contribution in [2.45, 2.75) is 0 Å². The fraction of sp³-hybridized carbons (Fsp3) is 0.0769. The third-order valence-corrected chi connectivity index (χ3v) is 2.32. The number of amides is 1. The minimum Gasteiger partial charge on any atom is -0.497 e. The van der Waals surface area contributed by atoms with Crippen LogP contribution in [-0.4, -0.2) is 18.0 Å². The van der Waals surface area contributed by atoms with Gasteiger partial charge in [-0.05, 0) is 36.4 Å². The number of carbonyl (C=O) groups excluding carboxylic acids is 1. The molecular weight excluding hydrogens is 235 g/mol. The normalized spacial score (nSPS) is 9.89. The van der Waals surface area contributed by atoms with Crippen molar-refractivity contribution in [2.24, 2.45) is 0 Å². The van der Waals surface area contributed by atoms with E-state index in [2.05, 4.69) is 10.3 Å². The summed E-state index contributed by atoms with van der Waals surface area (Å²) in [4.78, 5) is 15.4. The highest BCUT2D eigenvalue weighted by Gasteiger charge is 2.12. The van der Waals surface area contributed by atoms with Gasteiger partial charge in [-0.2, -0.15) is 0 Å². The van der Waals surface area contributed by atoms with Gasteiger partial charge in [0, 0.05) is 11.9 Å². The number of hydrogen-bond acceptors (Lipinski definition) is 3. The summed E-state index contributed by atoms with van der Waals surface area (Å²) in [7, 11) is 1.55. The van der Waals surface area contributed by atoms with Gasteiger partial charge in [-0.15, -0.1) is 0 Å². The van der Waals surface area contributed by atoms with Crippen molar-refractivity contribution in [3.63, 3.8) is 0 Å². The Morgan fingerprint density at radius 2 is 2.00 bits per heavy atom. The second-order valence-electron chi connectivity index (χ2n) is 3.52. The molecule has 0 saturated carbocycles. The number of aromatic nitrogens is 1. The molecule has 1 aromatic carbocycles. The number of nitrogens with zero attached hydrogens (tertiary/aromatic N) is 1. The van der Waals surface area contributed by atoms with Gasteiger partial charge in [0.25, 0.3) is 5.91 Å². The zero-order valence-corrected chi connectivity index (χ0v) is 9.68. The van der Waals surface area contributed by atoms with Crippen molar-refractivity contribution >= 4 is 11.6 Å². The molecule has 0 saturated heterocycles. The summed E-state index contributed by atoms with van der Waals surface area (Å²) in [6.45, 7) is 0. The maximum absolute atomic E-state index is 13.3. The molecule has 2 rings (SSSR count). The highest BCUT2D eigenvalue weighted by Crippen LogP contribution is 2.16. The molecule has 1 N–H and O–H groups in total. The van der Waals surface area contributed by atoms with Crippen molar-refractivity contribution in [1.82, 2.24) is 4.98 Å². The van der Waals surface area contributed by atoms with Gasteiger partial charge in [0.1, 0.15) is 5.75 Å². The third kappa shape index (κ3) is 2.63. The van der Waals surface area contributed by atoms with E-state index in [1.165, 1.54) is 18.3 Å². The van der Waals surface area contributed by atoms with Crippen LogP contribution in [0.5, 0.6) is 5.75 Å². The van der Waals surface area contributed by atoms with E-state index in [1.54, 1.807) is 31.4 Å². The zero-order valence-electron chi connectivity index (χ0n) is 9.68. The molecule has 0 radical (unpaired) electrons. The number of pyridine rings is 1. The lowest BCUT2D eigenvalue weighted by atomic mass is 10.2. The van der Waals surface area contributed by atoms with Gasteiger partial charge in [0.05, 0.1) is 7.11 Å². The first kappa shape index (κ1) is 12.0. The first-order valence-electron chi connectivity index (χ1n) is 5.26. The molecular formula is C13H11FN2O2. The van der Waals surface area contributed by atoms with Gasteiger partial charge in [0.2, 0.25) is 0 Å². The summed E-state index contributed by atoms with van der Waals surface area (Å²) in [5.74, 6) is -0.557. The van der Waals surface area contributed by atoms with Crippen LogP contribution in [0.25, 0.3) is 0 Å². The molecule has 0 unspecified atom stereocenters. The van der Waals surface area contributed by atoms with Crippen molar-refractivity contribution < 1.29 is 13.9 Å². The van der Waals surface area contributed by atoms with Crippen LogP contribution in [0.2, 0.25) is 0 Å². The van der Waals surface area contributed by atoms with E-state index in [0.29, 0.717) is 11.4 Å². The van der Waals surface area contributed by atoms with Gasteiger partial charge in [-0.25, -0.2) is 9.37 Å². The number of rotatable bonds is 3. The van der Waals surface area contributed by atoms with Gasteiger partial charge in [-0.3, -0.25) is 4.79 Å². The molecule has 0 aliphatic carbocycles. The third-order valence-electron chi connectivity index (χ3n) is 2.32. The lowest BCUT2D eigenvalue weighted by Crippen LogP contribution is -2.15. The van der Waals surface area contributed by atoms with E-state index in [-0.39, 0.29) is 5.69 Å². The molecule has 0 spiro atoms. The number of benzene rings is 1. The Balaban J connectivity index is 2.14. The maximum Gasteiger partial charge on any atom is 0.277 e. The molecule has 0 aliphatic heterocycles. The molecule has 92 valence electrons. The van der Waals surface area contributed by atoms with Crippen molar-refractivity contribution in [2.75, 3.05) is 12.4 Å². The molecule has 1 aromatic heterocycles. The van der Waals surface area contributed by atoms with Crippen LogP contribution >= 0.6 is 0 Å². The fourth-order valence-corrected chi connectivity index (χ4v) is 1.42. The van der Waals surface area contributed by atoms with E-state index in [4.69, 9.17) is 4.74 Å². The Morgan fingerprint density at radius 1 is 1.28 bits per heavy atom. The Bertz CT molecular complexity index is 555. The number of carbonyl (C=O) groups is 1. The summed E-state index contributed by atoms with van der Waals surface area (Å²) in [5.41, 5.74) is 0.319. The average molecular weight is 246 g/mol. The lowest BCUT2D eigenvalue weighted by molar-refractivity contribution is 0.101. The largest absolute Gasteiger partial charge is 0.497 e. The maximum atomic E-state index is 13.3. The van der Waals surface area contributed by atoms with Crippen molar-refractivity contribution in [1.29, 1.82) is 0 Å². The minimum absolute atomic E-state index is 0.228. The summed E-state index contributed by atoms with van der Waals surface area (Å²) < 4.78 is 18.3. The molecule has 1 amide bonds. The van der Waals surface area contributed by atoms with Crippen LogP contribution in [0.4, 0.5) is 10.1 Å². The van der Waals surface area contributed by atoms with E-state index < -0.39 is 11.7 Å². The Hall–Kier alpha value is -2.43. The second-order valence-corrected chi connectivity index (χ2v) is 3.52. The molecule has 0 atom stereocenters. The number of halogens is 1. The fourth-order valence-electron chi connectivity index (χ4n) is 1.42. The molecule has 0 bridgehead atoms. The predicted molar refractivity (Wildman–Crippen MR) is 65.1 cm³/mol. The summed E-state index contributed by atoms with van der Waals surface area (Å²) in [6.07, 6.45) is 1.37. The topological polar surface area (TPSA) is 51.2 Å². The second kappa shape index (κ2) is 5.27. The van der Waals surface area contributed by atoms with Gasteiger partial charge >= 0.3 is 0 Å². The molecule has 0 fully saturated rings. The molecule has 2 aromatic rings. The summed E-state index contributed by atoms with van der Waals surface area (Å²) in [5, 5.41) is 2.55. The number of nitrogens with one attached hydrogen (secondary N) is 1. The van der Waals surface area contributed by atoms with Gasteiger partial charge in [-0.1, -0.05) is 0 Å². The van der Waals surface area contributed by atoms with Crippen LogP contribution in [0, 0.1) is 5.82 Å². The molecule has 18 heavy (non-hydrogen) atoms. The van der Waals surface area contributed by atoms with Crippen LogP contribution in [0.1, 0.15) is 10.5 Å². The van der Waals surface area contributed by atoms with Crippen molar-refractivity contribution in [3.05, 3.63) is 54.1 Å². The highest BCUT2D eigenvalue weighted by molar-refractivity contribution is 6.03. The number of anilines is 1. The summed E-state index contributed by atoms with van der Waals surface area (Å²) in [6, 6.07) is 9.35. The Kier molecular flexibility index (Phi) is 3.52. The van der Waals surface area contributed by atoms with E-state index in [9.17, 15) is 9.18 Å². The molecule has 4 nitrogen and oxygen atoms in total. The standard InChI is InChI=1S/C13H11FN2O2/c1-18-10-6-4-9(5-7-10)16-13(17)12-11(14)3-2-8-15-12/h2-8H,1H3,(H,16,17). The smallest absolute Gasteiger partial charge is 0.277 e. The zero-order chi connectivity index (χ0) is 13.0. The Morgan fingerprint density at radius 3 is 2.61 bits per heavy atom. The van der Waals surface area contributed by atoms with E-state index in [0.717, 1.165) is 0 Å². The van der Waals surface area contributed by atoms with E-state index in [1.807, 2.05) is 0 Å². The van der Waals surface area contributed by atoms with Crippen LogP contribution in [0.15, 0.2) is 42.6 Å². The first-order chi connectivity index (χ1) is 8.70. The SMILES string of the molecule is COc1ccc(NC(=O)c2ncccc2F)cc1. The molecule has 5 heteroatoms. The van der Waals surface area contributed by atoms with E-state index >= 15 is 0 Å². The number of hydrogen-bond donors (Lipinski definition) is 1. The quantitative estimate of drug-likeness (QED) is 0.905.